The molecule has 96 valence electrons. The first-order chi connectivity index (χ1) is 7.93. The van der Waals surface area contributed by atoms with Gasteiger partial charge >= 0.3 is 6.18 Å². The lowest BCUT2D eigenvalue weighted by Crippen LogP contribution is -2.44. The summed E-state index contributed by atoms with van der Waals surface area (Å²) in [5, 5.41) is 2.51. The Hall–Kier alpha value is -1.10. The molecule has 1 rings (SSSR count). The number of rotatable bonds is 5. The topological polar surface area (TPSA) is 24.9 Å². The zero-order valence-corrected chi connectivity index (χ0v) is 10.0. The van der Waals surface area contributed by atoms with E-state index in [2.05, 4.69) is 10.3 Å². The van der Waals surface area contributed by atoms with Crippen LogP contribution in [0.3, 0.4) is 0 Å². The third-order valence-corrected chi connectivity index (χ3v) is 2.42. The van der Waals surface area contributed by atoms with E-state index in [1.54, 1.807) is 18.3 Å². The number of hydrogen-bond donors (Lipinski definition) is 1. The van der Waals surface area contributed by atoms with Crippen molar-refractivity contribution < 1.29 is 13.2 Å². The number of alkyl halides is 3. The van der Waals surface area contributed by atoms with Crippen LogP contribution in [-0.4, -0.2) is 23.7 Å². The molecule has 1 unspecified atom stereocenters. The zero-order valence-electron chi connectivity index (χ0n) is 10.0. The lowest BCUT2D eigenvalue weighted by Gasteiger charge is -2.21. The highest BCUT2D eigenvalue weighted by Gasteiger charge is 2.39. The highest BCUT2D eigenvalue weighted by molar-refractivity contribution is 5.13. The van der Waals surface area contributed by atoms with Gasteiger partial charge in [-0.15, -0.1) is 0 Å². The summed E-state index contributed by atoms with van der Waals surface area (Å²) in [4.78, 5) is 4.00. The van der Waals surface area contributed by atoms with Crippen molar-refractivity contribution in [2.24, 2.45) is 0 Å². The predicted octanol–water partition coefficient (Wildman–Crippen LogP) is 2.86. The van der Waals surface area contributed by atoms with Crippen LogP contribution in [0.25, 0.3) is 0 Å². The molecule has 0 amide bonds. The number of nitrogens with one attached hydrogen (secondary N) is 1. The molecule has 1 N–H and O–H groups in total. The summed E-state index contributed by atoms with van der Waals surface area (Å²) in [5.41, 5.74) is 1.40. The fraction of sp³-hybridized carbons (Fsp3) is 0.583. The molecule has 1 aromatic rings. The fourth-order valence-corrected chi connectivity index (χ4v) is 1.45. The largest absolute Gasteiger partial charge is 0.404 e. The summed E-state index contributed by atoms with van der Waals surface area (Å²) in [6.07, 6.45) is -2.10. The maximum Gasteiger partial charge on any atom is 0.404 e. The number of halogens is 3. The molecule has 1 aromatic heterocycles. The Kier molecular flexibility index (Phi) is 4.93. The second-order valence-corrected chi connectivity index (χ2v) is 4.08. The standard InChI is InChI=1S/C12H17F3N2/c1-3-6-16-11(12(13,14)15)7-10-5-4-9(2)8-17-10/h4-5,8,11,16H,3,6-7H2,1-2H3. The first-order valence-corrected chi connectivity index (χ1v) is 5.65. The van der Waals surface area contributed by atoms with Crippen LogP contribution in [0.5, 0.6) is 0 Å². The molecule has 0 saturated carbocycles. The third kappa shape index (κ3) is 4.73. The molecular weight excluding hydrogens is 229 g/mol. The zero-order chi connectivity index (χ0) is 12.9. The average Bonchev–Trinajstić information content (AvgIpc) is 2.25. The highest BCUT2D eigenvalue weighted by Crippen LogP contribution is 2.22. The number of aromatic nitrogens is 1. The Morgan fingerprint density at radius 2 is 2.06 bits per heavy atom. The Morgan fingerprint density at radius 3 is 2.53 bits per heavy atom. The molecule has 0 aliphatic carbocycles. The summed E-state index contributed by atoms with van der Waals surface area (Å²) in [7, 11) is 0. The van der Waals surface area contributed by atoms with E-state index >= 15 is 0 Å². The van der Waals surface area contributed by atoms with Gasteiger partial charge in [0, 0.05) is 18.3 Å². The third-order valence-electron chi connectivity index (χ3n) is 2.42. The maximum atomic E-state index is 12.7. The van der Waals surface area contributed by atoms with E-state index in [1.807, 2.05) is 13.8 Å². The molecule has 0 aliphatic rings. The number of hydrogen-bond acceptors (Lipinski definition) is 2. The van der Waals surface area contributed by atoms with Gasteiger partial charge in [0.15, 0.2) is 0 Å². The van der Waals surface area contributed by atoms with Crippen LogP contribution in [0.4, 0.5) is 13.2 Å². The van der Waals surface area contributed by atoms with Gasteiger partial charge in [0.25, 0.3) is 0 Å². The first kappa shape index (κ1) is 14.0. The van der Waals surface area contributed by atoms with Crippen LogP contribution in [0.15, 0.2) is 18.3 Å². The van der Waals surface area contributed by atoms with Crippen LogP contribution >= 0.6 is 0 Å². The molecule has 1 heterocycles. The van der Waals surface area contributed by atoms with Crippen molar-refractivity contribution in [3.05, 3.63) is 29.6 Å². The van der Waals surface area contributed by atoms with Gasteiger partial charge in [-0.1, -0.05) is 13.0 Å². The van der Waals surface area contributed by atoms with Gasteiger partial charge in [-0.05, 0) is 31.5 Å². The van der Waals surface area contributed by atoms with Crippen molar-refractivity contribution in [1.29, 1.82) is 0 Å². The van der Waals surface area contributed by atoms with Crippen molar-refractivity contribution in [1.82, 2.24) is 10.3 Å². The smallest absolute Gasteiger partial charge is 0.306 e. The van der Waals surface area contributed by atoms with E-state index in [9.17, 15) is 13.2 Å². The van der Waals surface area contributed by atoms with Gasteiger partial charge in [-0.2, -0.15) is 13.2 Å². The Bertz CT molecular complexity index is 333. The van der Waals surface area contributed by atoms with Crippen LogP contribution in [0, 0.1) is 6.92 Å². The molecular formula is C12H17F3N2. The van der Waals surface area contributed by atoms with Gasteiger partial charge < -0.3 is 5.32 Å². The maximum absolute atomic E-state index is 12.7. The SMILES string of the molecule is CCCNC(Cc1ccc(C)cn1)C(F)(F)F. The number of pyridine rings is 1. The minimum Gasteiger partial charge on any atom is -0.306 e. The second-order valence-electron chi connectivity index (χ2n) is 4.08. The molecule has 0 spiro atoms. The van der Waals surface area contributed by atoms with Crippen molar-refractivity contribution in [2.75, 3.05) is 6.54 Å². The van der Waals surface area contributed by atoms with Crippen molar-refractivity contribution >= 4 is 0 Å². The first-order valence-electron chi connectivity index (χ1n) is 5.65. The van der Waals surface area contributed by atoms with Gasteiger partial charge in [0.1, 0.15) is 6.04 Å². The van der Waals surface area contributed by atoms with Crippen LogP contribution < -0.4 is 5.32 Å². The van der Waals surface area contributed by atoms with Crippen molar-refractivity contribution in [2.45, 2.75) is 38.9 Å². The van der Waals surface area contributed by atoms with Crippen LogP contribution in [0.2, 0.25) is 0 Å². The van der Waals surface area contributed by atoms with Crippen molar-refractivity contribution in [3.63, 3.8) is 0 Å². The molecule has 0 radical (unpaired) electrons. The van der Waals surface area contributed by atoms with E-state index in [4.69, 9.17) is 0 Å². The fourth-order valence-electron chi connectivity index (χ4n) is 1.45. The van der Waals surface area contributed by atoms with E-state index in [0.717, 1.165) is 5.56 Å². The van der Waals surface area contributed by atoms with Gasteiger partial charge in [-0.3, -0.25) is 4.98 Å². The van der Waals surface area contributed by atoms with Gasteiger partial charge in [0.2, 0.25) is 0 Å². The molecule has 1 atom stereocenters. The summed E-state index contributed by atoms with van der Waals surface area (Å²) in [6.45, 7) is 4.05. The minimum atomic E-state index is -4.23. The molecule has 0 bridgehead atoms. The van der Waals surface area contributed by atoms with E-state index in [-0.39, 0.29) is 6.42 Å². The lowest BCUT2D eigenvalue weighted by atomic mass is 10.1. The Morgan fingerprint density at radius 1 is 1.35 bits per heavy atom. The normalized spacial score (nSPS) is 13.7. The van der Waals surface area contributed by atoms with Gasteiger partial charge in [0.05, 0.1) is 0 Å². The van der Waals surface area contributed by atoms with Gasteiger partial charge in [-0.25, -0.2) is 0 Å². The summed E-state index contributed by atoms with van der Waals surface area (Å²) >= 11 is 0. The van der Waals surface area contributed by atoms with Crippen LogP contribution in [0.1, 0.15) is 24.6 Å². The van der Waals surface area contributed by atoms with Crippen LogP contribution in [-0.2, 0) is 6.42 Å². The summed E-state index contributed by atoms with van der Waals surface area (Å²) in [6, 6.07) is 1.90. The Balaban J connectivity index is 2.68. The van der Waals surface area contributed by atoms with E-state index < -0.39 is 12.2 Å². The second kappa shape index (κ2) is 6.00. The molecule has 0 saturated heterocycles. The highest BCUT2D eigenvalue weighted by atomic mass is 19.4. The number of aryl methyl sites for hydroxylation is 1. The molecule has 0 fully saturated rings. The Labute approximate surface area is 99.3 Å². The monoisotopic (exact) mass is 246 g/mol. The summed E-state index contributed by atoms with van der Waals surface area (Å²) in [5.74, 6) is 0. The molecule has 0 aromatic carbocycles. The lowest BCUT2D eigenvalue weighted by molar-refractivity contribution is -0.155. The van der Waals surface area contributed by atoms with E-state index in [0.29, 0.717) is 18.7 Å². The number of nitrogens with zero attached hydrogens (tertiary/aromatic N) is 1. The molecule has 5 heteroatoms. The molecule has 2 nitrogen and oxygen atoms in total. The quantitative estimate of drug-likeness (QED) is 0.864. The van der Waals surface area contributed by atoms with E-state index in [1.165, 1.54) is 0 Å². The minimum absolute atomic E-state index is 0.121. The van der Waals surface area contributed by atoms with Crippen molar-refractivity contribution in [3.8, 4) is 0 Å². The molecule has 17 heavy (non-hydrogen) atoms. The summed E-state index contributed by atoms with van der Waals surface area (Å²) < 4.78 is 38.2. The predicted molar refractivity (Wildman–Crippen MR) is 60.8 cm³/mol. The molecule has 0 aliphatic heterocycles. The average molecular weight is 246 g/mol.